The Morgan fingerprint density at radius 2 is 1.11 bits per heavy atom. The molecule has 0 aliphatic rings. The molecule has 0 bridgehead atoms. The summed E-state index contributed by atoms with van der Waals surface area (Å²) in [5.74, 6) is -1.75. The quantitative estimate of drug-likeness (QED) is 0.730. The molecule has 0 saturated carbocycles. The molecule has 0 heterocycles. The summed E-state index contributed by atoms with van der Waals surface area (Å²) in [5.41, 5.74) is 0. The summed E-state index contributed by atoms with van der Waals surface area (Å²) in [7, 11) is 2.42. The summed E-state index contributed by atoms with van der Waals surface area (Å²) in [5, 5.41) is 0. The van der Waals surface area contributed by atoms with Crippen LogP contribution in [0.4, 0.5) is 13.2 Å². The Morgan fingerprint density at radius 1 is 0.842 bits per heavy atom. The molecule has 0 aliphatic heterocycles. The smallest absolute Gasteiger partial charge is 0.365 e. The topological polar surface area (TPSA) is 23.6 Å². The number of alkyl halides is 3. The highest BCUT2D eigenvalue weighted by atomic mass is 28.3. The molecule has 0 aromatic rings. The van der Waals surface area contributed by atoms with Gasteiger partial charge < -0.3 is 9.13 Å². The second-order valence-electron chi connectivity index (χ2n) is 6.60. The van der Waals surface area contributed by atoms with Crippen molar-refractivity contribution in [2.75, 3.05) is 21.1 Å². The Balaban J connectivity index is 0. The second-order valence-corrected chi connectivity index (χ2v) is 16.8. The van der Waals surface area contributed by atoms with Crippen LogP contribution in [0.3, 0.4) is 0 Å². The summed E-state index contributed by atoms with van der Waals surface area (Å²) in [4.78, 5) is 10.6. The average molecular weight is 317 g/mol. The van der Waals surface area contributed by atoms with Crippen LogP contribution in [0.5, 0.6) is 0 Å². The van der Waals surface area contributed by atoms with Crippen molar-refractivity contribution in [2.24, 2.45) is 0 Å². The van der Waals surface area contributed by atoms with Crippen LogP contribution < -0.4 is 0 Å². The van der Waals surface area contributed by atoms with Crippen molar-refractivity contribution in [3.63, 3.8) is 0 Å². The zero-order valence-electron chi connectivity index (χ0n) is 13.4. The molecule has 0 atom stereocenters. The lowest BCUT2D eigenvalue weighted by Gasteiger charge is -2.30. The van der Waals surface area contributed by atoms with E-state index in [1.54, 1.807) is 19.6 Å². The maximum absolute atomic E-state index is 11.9. The number of nitrogens with zero attached hydrogens (tertiary/aromatic N) is 2. The molecule has 0 spiro atoms. The van der Waals surface area contributed by atoms with Gasteiger partial charge in [-0.2, -0.15) is 13.2 Å². The molecule has 116 valence electrons. The molecule has 0 aromatic heterocycles. The third kappa shape index (κ3) is 9.23. The normalized spacial score (nSPS) is 12.9. The van der Waals surface area contributed by atoms with Crippen molar-refractivity contribution in [1.29, 1.82) is 0 Å². The summed E-state index contributed by atoms with van der Waals surface area (Å²) in [6, 6.07) is 0. The third-order valence-corrected chi connectivity index (χ3v) is 7.79. The first-order valence-electron chi connectivity index (χ1n) is 6.03. The van der Waals surface area contributed by atoms with Crippen LogP contribution in [0.1, 0.15) is 0 Å². The second kappa shape index (κ2) is 6.89. The fourth-order valence-electron chi connectivity index (χ4n) is 0.495. The van der Waals surface area contributed by atoms with Crippen LogP contribution in [0.15, 0.2) is 0 Å². The van der Waals surface area contributed by atoms with Crippen LogP contribution >= 0.6 is 0 Å². The molecule has 0 unspecified atom stereocenters. The van der Waals surface area contributed by atoms with E-state index in [-0.39, 0.29) is 0 Å². The number of carbonyl (C=O) groups excluding carboxylic acids is 1. The van der Waals surface area contributed by atoms with Gasteiger partial charge >= 0.3 is 12.1 Å². The summed E-state index contributed by atoms with van der Waals surface area (Å²) < 4.78 is 38.7. The van der Waals surface area contributed by atoms with Gasteiger partial charge in [0.15, 0.2) is 8.24 Å². The van der Waals surface area contributed by atoms with Crippen LogP contribution in [0, 0.1) is 0 Å². The first kappa shape index (κ1) is 21.0. The molecular weight excluding hydrogens is 289 g/mol. The van der Waals surface area contributed by atoms with Gasteiger partial charge in [-0.05, 0) is 14.1 Å². The molecule has 0 aromatic carbocycles. The van der Waals surface area contributed by atoms with Gasteiger partial charge in [0.25, 0.3) is 0 Å². The van der Waals surface area contributed by atoms with Crippen molar-refractivity contribution in [3.05, 3.63) is 0 Å². The Labute approximate surface area is 116 Å². The van der Waals surface area contributed by atoms with Gasteiger partial charge in [0, 0.05) is 7.05 Å². The number of amides is 1. The molecule has 1 amide bonds. The SMILES string of the molecule is CN(C(=O)C(F)(F)F)[Si](C)(C)C.CN(C)[Si](C)(C)C. The first-order valence-corrected chi connectivity index (χ1v) is 12.9. The molecule has 0 fully saturated rings. The molecular formula is C11H27F3N2OSi2. The van der Waals surface area contributed by atoms with E-state index in [0.29, 0.717) is 0 Å². The van der Waals surface area contributed by atoms with E-state index in [1.165, 1.54) is 7.05 Å². The van der Waals surface area contributed by atoms with Crippen molar-refractivity contribution >= 4 is 22.4 Å². The van der Waals surface area contributed by atoms with Crippen LogP contribution in [0.25, 0.3) is 0 Å². The largest absolute Gasteiger partial charge is 0.470 e. The van der Waals surface area contributed by atoms with Gasteiger partial charge in [0.1, 0.15) is 8.24 Å². The van der Waals surface area contributed by atoms with E-state index >= 15 is 0 Å². The number of halogens is 3. The van der Waals surface area contributed by atoms with E-state index in [0.717, 1.165) is 4.57 Å². The number of hydrogen-bond donors (Lipinski definition) is 0. The fraction of sp³-hybridized carbons (Fsp3) is 0.909. The maximum atomic E-state index is 11.9. The molecule has 8 heteroatoms. The highest BCUT2D eigenvalue weighted by Crippen LogP contribution is 2.20. The molecule has 19 heavy (non-hydrogen) atoms. The monoisotopic (exact) mass is 316 g/mol. The minimum Gasteiger partial charge on any atom is -0.365 e. The Hall–Kier alpha value is -0.346. The zero-order chi connectivity index (χ0) is 16.2. The molecule has 0 N–H and O–H groups in total. The number of rotatable bonds is 2. The summed E-state index contributed by atoms with van der Waals surface area (Å²) in [6.45, 7) is 12.0. The van der Waals surface area contributed by atoms with E-state index < -0.39 is 28.6 Å². The minimum atomic E-state index is -4.74. The number of carbonyl (C=O) groups is 1. The lowest BCUT2D eigenvalue weighted by atomic mass is 10.6. The Morgan fingerprint density at radius 3 is 1.16 bits per heavy atom. The molecule has 3 nitrogen and oxygen atoms in total. The lowest BCUT2D eigenvalue weighted by Crippen LogP contribution is -2.51. The number of hydrogen-bond acceptors (Lipinski definition) is 2. The van der Waals surface area contributed by atoms with Gasteiger partial charge in [0.05, 0.1) is 0 Å². The Kier molecular flexibility index (Phi) is 7.60. The first-order chi connectivity index (χ1) is 8.01. The van der Waals surface area contributed by atoms with E-state index in [2.05, 4.69) is 38.3 Å². The predicted molar refractivity (Wildman–Crippen MR) is 79.2 cm³/mol. The Bertz CT molecular complexity index is 294. The fourth-order valence-corrected chi connectivity index (χ4v) is 1.23. The summed E-state index contributed by atoms with van der Waals surface area (Å²) >= 11 is 0. The molecule has 0 radical (unpaired) electrons. The van der Waals surface area contributed by atoms with Crippen molar-refractivity contribution in [3.8, 4) is 0 Å². The third-order valence-electron chi connectivity index (χ3n) is 2.90. The van der Waals surface area contributed by atoms with E-state index in [1.807, 2.05) is 0 Å². The van der Waals surface area contributed by atoms with Gasteiger partial charge in [-0.1, -0.05) is 39.3 Å². The van der Waals surface area contributed by atoms with Gasteiger partial charge in [-0.3, -0.25) is 4.79 Å². The van der Waals surface area contributed by atoms with Gasteiger partial charge in [0.2, 0.25) is 0 Å². The summed E-state index contributed by atoms with van der Waals surface area (Å²) in [6.07, 6.45) is -4.74. The highest BCUT2D eigenvalue weighted by molar-refractivity contribution is 6.75. The van der Waals surface area contributed by atoms with Crippen molar-refractivity contribution in [2.45, 2.75) is 45.5 Å². The molecule has 0 aliphatic carbocycles. The van der Waals surface area contributed by atoms with Crippen LogP contribution in [-0.2, 0) is 4.79 Å². The molecule has 0 saturated heterocycles. The van der Waals surface area contributed by atoms with E-state index in [4.69, 9.17) is 0 Å². The predicted octanol–water partition coefficient (Wildman–Crippen LogP) is 3.22. The maximum Gasteiger partial charge on any atom is 0.470 e. The standard InChI is InChI=1S/C6H12F3NOSi.C5H15NSi/c1-10(12(2,3)4)5(11)6(7,8)9;1-6(2)7(3,4)5/h1-4H3;1-5H3. The van der Waals surface area contributed by atoms with Crippen LogP contribution in [0.2, 0.25) is 39.3 Å². The zero-order valence-corrected chi connectivity index (χ0v) is 15.4. The minimum absolute atomic E-state index is 0.812. The van der Waals surface area contributed by atoms with Gasteiger partial charge in [-0.15, -0.1) is 0 Å². The van der Waals surface area contributed by atoms with Crippen molar-refractivity contribution < 1.29 is 18.0 Å². The van der Waals surface area contributed by atoms with Crippen molar-refractivity contribution in [1.82, 2.24) is 9.13 Å². The molecule has 0 rings (SSSR count). The van der Waals surface area contributed by atoms with E-state index in [9.17, 15) is 18.0 Å². The average Bonchev–Trinajstić information content (AvgIpc) is 2.11. The van der Waals surface area contributed by atoms with Crippen LogP contribution in [-0.4, -0.2) is 58.8 Å². The highest BCUT2D eigenvalue weighted by Gasteiger charge is 2.44. The lowest BCUT2D eigenvalue weighted by molar-refractivity contribution is -0.179. The van der Waals surface area contributed by atoms with Gasteiger partial charge in [-0.25, -0.2) is 0 Å².